The lowest BCUT2D eigenvalue weighted by molar-refractivity contribution is 0.0895. The Morgan fingerprint density at radius 2 is 2.19 bits per heavy atom. The summed E-state index contributed by atoms with van der Waals surface area (Å²) in [6, 6.07) is 6.88. The summed E-state index contributed by atoms with van der Waals surface area (Å²) in [7, 11) is 1.76. The minimum absolute atomic E-state index is 0.327. The van der Waals surface area contributed by atoms with Gasteiger partial charge in [-0.15, -0.1) is 0 Å². The van der Waals surface area contributed by atoms with Crippen molar-refractivity contribution in [3.05, 3.63) is 35.5 Å². The SMILES string of the molecule is Cn1c(C(=O)CO)cc2cc(C=O)ccc21. The molecule has 4 heteroatoms. The fourth-order valence-corrected chi connectivity index (χ4v) is 1.79. The van der Waals surface area contributed by atoms with E-state index in [4.69, 9.17) is 5.11 Å². The molecule has 0 aliphatic heterocycles. The highest BCUT2D eigenvalue weighted by molar-refractivity contribution is 6.01. The third-order valence-corrected chi connectivity index (χ3v) is 2.63. The first-order valence-electron chi connectivity index (χ1n) is 4.86. The van der Waals surface area contributed by atoms with Crippen LogP contribution < -0.4 is 0 Å². The number of rotatable bonds is 3. The van der Waals surface area contributed by atoms with E-state index < -0.39 is 6.61 Å². The van der Waals surface area contributed by atoms with E-state index in [1.165, 1.54) is 0 Å². The molecule has 0 aliphatic rings. The zero-order valence-corrected chi connectivity index (χ0v) is 8.80. The Balaban J connectivity index is 2.67. The number of aromatic nitrogens is 1. The molecule has 16 heavy (non-hydrogen) atoms. The van der Waals surface area contributed by atoms with E-state index in [1.54, 1.807) is 35.9 Å². The van der Waals surface area contributed by atoms with Gasteiger partial charge < -0.3 is 9.67 Å². The molecule has 0 atom stereocenters. The van der Waals surface area contributed by atoms with E-state index >= 15 is 0 Å². The van der Waals surface area contributed by atoms with Gasteiger partial charge in [0.25, 0.3) is 0 Å². The molecule has 4 nitrogen and oxygen atoms in total. The van der Waals surface area contributed by atoms with Crippen LogP contribution >= 0.6 is 0 Å². The van der Waals surface area contributed by atoms with Crippen LogP contribution in [0.1, 0.15) is 20.8 Å². The lowest BCUT2D eigenvalue weighted by Gasteiger charge is -2.00. The zero-order valence-electron chi connectivity index (χ0n) is 8.80. The van der Waals surface area contributed by atoms with Crippen LogP contribution in [-0.4, -0.2) is 28.3 Å². The molecule has 0 aliphatic carbocycles. The highest BCUT2D eigenvalue weighted by atomic mass is 16.3. The second-order valence-corrected chi connectivity index (χ2v) is 3.61. The van der Waals surface area contributed by atoms with Gasteiger partial charge in [-0.3, -0.25) is 9.59 Å². The van der Waals surface area contributed by atoms with Crippen molar-refractivity contribution in [1.29, 1.82) is 0 Å². The minimum atomic E-state index is -0.509. The van der Waals surface area contributed by atoms with Crippen molar-refractivity contribution in [3.63, 3.8) is 0 Å². The quantitative estimate of drug-likeness (QED) is 0.620. The Morgan fingerprint density at radius 1 is 1.44 bits per heavy atom. The maximum Gasteiger partial charge on any atom is 0.204 e. The van der Waals surface area contributed by atoms with E-state index in [0.717, 1.165) is 17.2 Å². The molecule has 0 saturated carbocycles. The van der Waals surface area contributed by atoms with Crippen molar-refractivity contribution in [2.45, 2.75) is 0 Å². The van der Waals surface area contributed by atoms with Crippen LogP contribution in [-0.2, 0) is 7.05 Å². The molecular weight excluding hydrogens is 206 g/mol. The Bertz CT molecular complexity index is 569. The third-order valence-electron chi connectivity index (χ3n) is 2.63. The minimum Gasteiger partial charge on any atom is -0.388 e. The van der Waals surface area contributed by atoms with E-state index in [9.17, 15) is 9.59 Å². The fraction of sp³-hybridized carbons (Fsp3) is 0.167. The van der Waals surface area contributed by atoms with Crippen LogP contribution in [0.2, 0.25) is 0 Å². The molecule has 1 N–H and O–H groups in total. The number of benzene rings is 1. The molecular formula is C12H11NO3. The summed E-state index contributed by atoms with van der Waals surface area (Å²) in [6.45, 7) is -0.509. The Labute approximate surface area is 92.1 Å². The summed E-state index contributed by atoms with van der Waals surface area (Å²) in [5, 5.41) is 9.64. The maximum absolute atomic E-state index is 11.4. The van der Waals surface area contributed by atoms with E-state index in [0.29, 0.717) is 11.3 Å². The molecule has 0 radical (unpaired) electrons. The zero-order chi connectivity index (χ0) is 11.7. The van der Waals surface area contributed by atoms with Crippen molar-refractivity contribution in [2.75, 3.05) is 6.61 Å². The van der Waals surface area contributed by atoms with Gasteiger partial charge in [0.2, 0.25) is 5.78 Å². The summed E-state index contributed by atoms with van der Waals surface area (Å²) in [6.07, 6.45) is 0.764. The van der Waals surface area contributed by atoms with Gasteiger partial charge in [0.15, 0.2) is 0 Å². The van der Waals surface area contributed by atoms with Crippen molar-refractivity contribution in [2.24, 2.45) is 7.05 Å². The van der Waals surface area contributed by atoms with Crippen molar-refractivity contribution in [3.8, 4) is 0 Å². The number of aliphatic hydroxyl groups excluding tert-OH is 1. The monoisotopic (exact) mass is 217 g/mol. The van der Waals surface area contributed by atoms with Gasteiger partial charge >= 0.3 is 0 Å². The highest BCUT2D eigenvalue weighted by Crippen LogP contribution is 2.20. The van der Waals surface area contributed by atoms with Crippen molar-refractivity contribution >= 4 is 23.0 Å². The van der Waals surface area contributed by atoms with Crippen molar-refractivity contribution < 1.29 is 14.7 Å². The van der Waals surface area contributed by atoms with Crippen molar-refractivity contribution in [1.82, 2.24) is 4.57 Å². The average molecular weight is 217 g/mol. The molecule has 0 amide bonds. The lowest BCUT2D eigenvalue weighted by atomic mass is 10.2. The molecule has 1 heterocycles. The van der Waals surface area contributed by atoms with Crippen LogP contribution in [0.3, 0.4) is 0 Å². The first-order chi connectivity index (χ1) is 7.67. The maximum atomic E-state index is 11.4. The summed E-state index contributed by atoms with van der Waals surface area (Å²) >= 11 is 0. The van der Waals surface area contributed by atoms with Crippen LogP contribution in [0.4, 0.5) is 0 Å². The van der Waals surface area contributed by atoms with Gasteiger partial charge in [-0.05, 0) is 24.3 Å². The standard InChI is InChI=1S/C12H11NO3/c1-13-10-3-2-8(6-14)4-9(10)5-11(13)12(16)7-15/h2-6,15H,7H2,1H3. The number of carbonyl (C=O) groups is 2. The number of hydrogen-bond acceptors (Lipinski definition) is 3. The molecule has 2 rings (SSSR count). The van der Waals surface area contributed by atoms with Crippen LogP contribution in [0.15, 0.2) is 24.3 Å². The van der Waals surface area contributed by atoms with Crippen LogP contribution in [0, 0.1) is 0 Å². The molecule has 0 bridgehead atoms. The number of hydrogen-bond donors (Lipinski definition) is 1. The average Bonchev–Trinajstić information content (AvgIpc) is 2.65. The number of aryl methyl sites for hydroxylation is 1. The molecule has 0 saturated heterocycles. The van der Waals surface area contributed by atoms with Gasteiger partial charge in [-0.25, -0.2) is 0 Å². The molecule has 0 fully saturated rings. The van der Waals surface area contributed by atoms with Gasteiger partial charge in [0.05, 0.1) is 5.69 Å². The Kier molecular flexibility index (Phi) is 2.58. The smallest absolute Gasteiger partial charge is 0.204 e. The molecule has 1 aromatic carbocycles. The molecule has 82 valence electrons. The van der Waals surface area contributed by atoms with E-state index in [-0.39, 0.29) is 5.78 Å². The summed E-state index contributed by atoms with van der Waals surface area (Å²) < 4.78 is 1.71. The summed E-state index contributed by atoms with van der Waals surface area (Å²) in [5.74, 6) is -0.327. The second-order valence-electron chi connectivity index (χ2n) is 3.61. The van der Waals surface area contributed by atoms with E-state index in [2.05, 4.69) is 0 Å². The summed E-state index contributed by atoms with van der Waals surface area (Å²) in [4.78, 5) is 22.0. The topological polar surface area (TPSA) is 59.3 Å². The lowest BCUT2D eigenvalue weighted by Crippen LogP contribution is -2.09. The number of fused-ring (bicyclic) bond motifs is 1. The summed E-state index contributed by atoms with van der Waals surface area (Å²) in [5.41, 5.74) is 1.88. The number of aldehydes is 1. The predicted octanol–water partition coefficient (Wildman–Crippen LogP) is 1.17. The largest absolute Gasteiger partial charge is 0.388 e. The van der Waals surface area contributed by atoms with Gasteiger partial charge in [0.1, 0.15) is 12.9 Å². The number of carbonyl (C=O) groups excluding carboxylic acids is 2. The molecule has 1 aromatic heterocycles. The number of Topliss-reactive ketones (excluding diaryl/α,β-unsaturated/α-hetero) is 1. The number of aliphatic hydroxyl groups is 1. The van der Waals surface area contributed by atoms with Crippen LogP contribution in [0.25, 0.3) is 10.9 Å². The molecule has 2 aromatic rings. The molecule has 0 unspecified atom stereocenters. The Hall–Kier alpha value is -1.94. The van der Waals surface area contributed by atoms with Gasteiger partial charge in [-0.2, -0.15) is 0 Å². The number of ketones is 1. The Morgan fingerprint density at radius 3 is 2.81 bits per heavy atom. The predicted molar refractivity (Wildman–Crippen MR) is 59.7 cm³/mol. The van der Waals surface area contributed by atoms with Gasteiger partial charge in [-0.1, -0.05) is 0 Å². The van der Waals surface area contributed by atoms with Crippen LogP contribution in [0.5, 0.6) is 0 Å². The van der Waals surface area contributed by atoms with Gasteiger partial charge in [0, 0.05) is 23.5 Å². The fourth-order valence-electron chi connectivity index (χ4n) is 1.79. The second kappa shape index (κ2) is 3.90. The first-order valence-corrected chi connectivity index (χ1v) is 4.86. The first kappa shape index (κ1) is 10.6. The number of nitrogens with zero attached hydrogens (tertiary/aromatic N) is 1. The van der Waals surface area contributed by atoms with E-state index in [1.807, 2.05) is 0 Å². The third kappa shape index (κ3) is 1.53. The highest BCUT2D eigenvalue weighted by Gasteiger charge is 2.12. The normalized spacial score (nSPS) is 10.6. The molecule has 0 spiro atoms.